The van der Waals surface area contributed by atoms with Crippen molar-refractivity contribution in [2.24, 2.45) is 5.41 Å². The minimum atomic E-state index is -0.456. The molecule has 0 fully saturated rings. The van der Waals surface area contributed by atoms with E-state index in [1.807, 2.05) is 41.5 Å². The van der Waals surface area contributed by atoms with E-state index in [1.54, 1.807) is 7.05 Å². The van der Waals surface area contributed by atoms with E-state index in [1.165, 1.54) is 4.90 Å². The Labute approximate surface area is 99.2 Å². The predicted molar refractivity (Wildman–Crippen MR) is 66.1 cm³/mol. The van der Waals surface area contributed by atoms with Gasteiger partial charge in [0.25, 0.3) is 0 Å². The molecule has 3 nitrogen and oxygen atoms in total. The Morgan fingerprint density at radius 1 is 1.19 bits per heavy atom. The molecule has 0 bridgehead atoms. The third-order valence-electron chi connectivity index (χ3n) is 1.48. The largest absolute Gasteiger partial charge is 0.444 e. The molecule has 3 heteroatoms. The molecule has 0 aliphatic heterocycles. The molecule has 1 amide bonds. The van der Waals surface area contributed by atoms with Gasteiger partial charge < -0.3 is 9.64 Å². The van der Waals surface area contributed by atoms with Gasteiger partial charge in [-0.25, -0.2) is 4.79 Å². The molecular formula is C13H23NO2. The maximum atomic E-state index is 11.6. The van der Waals surface area contributed by atoms with Gasteiger partial charge in [0.05, 0.1) is 6.54 Å². The fourth-order valence-electron chi connectivity index (χ4n) is 0.828. The summed E-state index contributed by atoms with van der Waals surface area (Å²) in [6.45, 7) is 12.0. The van der Waals surface area contributed by atoms with Gasteiger partial charge in [0.1, 0.15) is 5.60 Å². The molecule has 16 heavy (non-hydrogen) atoms. The number of amides is 1. The van der Waals surface area contributed by atoms with Crippen LogP contribution in [-0.2, 0) is 4.74 Å². The molecule has 0 heterocycles. The molecule has 0 aliphatic rings. The molecule has 0 aromatic heterocycles. The molecule has 0 aliphatic carbocycles. The van der Waals surface area contributed by atoms with Crippen LogP contribution in [0.5, 0.6) is 0 Å². The van der Waals surface area contributed by atoms with Gasteiger partial charge in [-0.1, -0.05) is 11.8 Å². The molecule has 0 saturated carbocycles. The first kappa shape index (κ1) is 14.8. The van der Waals surface area contributed by atoms with Gasteiger partial charge in [0.2, 0.25) is 0 Å². The van der Waals surface area contributed by atoms with Gasteiger partial charge in [-0.05, 0) is 41.5 Å². The number of ether oxygens (including phenoxy) is 1. The van der Waals surface area contributed by atoms with Crippen LogP contribution in [0.3, 0.4) is 0 Å². The number of rotatable bonds is 1. The number of carbonyl (C=O) groups excluding carboxylic acids is 1. The highest BCUT2D eigenvalue weighted by Crippen LogP contribution is 2.10. The Bertz CT molecular complexity index is 297. The SMILES string of the molecule is CN(CC#CC(C)(C)C)C(=O)OC(C)(C)C. The molecule has 0 N–H and O–H groups in total. The highest BCUT2D eigenvalue weighted by atomic mass is 16.6. The summed E-state index contributed by atoms with van der Waals surface area (Å²) in [6, 6.07) is 0. The number of hydrogen-bond acceptors (Lipinski definition) is 2. The Morgan fingerprint density at radius 2 is 1.69 bits per heavy atom. The van der Waals surface area contributed by atoms with E-state index in [0.717, 1.165) is 0 Å². The smallest absolute Gasteiger partial charge is 0.410 e. The van der Waals surface area contributed by atoms with Crippen LogP contribution in [0.1, 0.15) is 41.5 Å². The Hall–Kier alpha value is -1.17. The monoisotopic (exact) mass is 225 g/mol. The van der Waals surface area contributed by atoms with E-state index in [4.69, 9.17) is 4.74 Å². The molecule has 0 rings (SSSR count). The molecule has 0 spiro atoms. The van der Waals surface area contributed by atoms with E-state index < -0.39 is 5.60 Å². The molecule has 92 valence electrons. The average molecular weight is 225 g/mol. The van der Waals surface area contributed by atoms with Crippen LogP contribution < -0.4 is 0 Å². The maximum absolute atomic E-state index is 11.6. The van der Waals surface area contributed by atoms with Gasteiger partial charge in [0, 0.05) is 12.5 Å². The average Bonchev–Trinajstić information content (AvgIpc) is 1.98. The Morgan fingerprint density at radius 3 is 2.06 bits per heavy atom. The van der Waals surface area contributed by atoms with Gasteiger partial charge in [-0.15, -0.1) is 0 Å². The van der Waals surface area contributed by atoms with Crippen LogP contribution in [0.15, 0.2) is 0 Å². The first-order valence-corrected chi connectivity index (χ1v) is 5.45. The van der Waals surface area contributed by atoms with Crippen LogP contribution in [0.25, 0.3) is 0 Å². The quantitative estimate of drug-likeness (QED) is 0.642. The summed E-state index contributed by atoms with van der Waals surface area (Å²) in [6.07, 6.45) is -0.337. The number of hydrogen-bond donors (Lipinski definition) is 0. The lowest BCUT2D eigenvalue weighted by atomic mass is 9.98. The third-order valence-corrected chi connectivity index (χ3v) is 1.48. The standard InChI is InChI=1S/C13H23NO2/c1-12(2,3)9-8-10-14(7)11(15)16-13(4,5)6/h10H2,1-7H3. The summed E-state index contributed by atoms with van der Waals surface area (Å²) in [5, 5.41) is 0. The second kappa shape index (κ2) is 5.25. The molecule has 0 radical (unpaired) electrons. The molecule has 0 aromatic rings. The van der Waals surface area contributed by atoms with Crippen molar-refractivity contribution in [1.29, 1.82) is 0 Å². The van der Waals surface area contributed by atoms with Crippen molar-refractivity contribution in [2.45, 2.75) is 47.1 Å². The summed E-state index contributed by atoms with van der Waals surface area (Å²) in [7, 11) is 1.69. The van der Waals surface area contributed by atoms with Crippen molar-refractivity contribution in [2.75, 3.05) is 13.6 Å². The lowest BCUT2D eigenvalue weighted by molar-refractivity contribution is 0.0321. The van der Waals surface area contributed by atoms with Crippen molar-refractivity contribution >= 4 is 6.09 Å². The third kappa shape index (κ3) is 8.16. The lowest BCUT2D eigenvalue weighted by Crippen LogP contribution is -2.34. The number of nitrogens with zero attached hydrogens (tertiary/aromatic N) is 1. The van der Waals surface area contributed by atoms with E-state index in [2.05, 4.69) is 11.8 Å². The fraction of sp³-hybridized carbons (Fsp3) is 0.769. The zero-order chi connectivity index (χ0) is 13.0. The second-order valence-electron chi connectivity index (χ2n) is 5.89. The topological polar surface area (TPSA) is 29.5 Å². The minimum Gasteiger partial charge on any atom is -0.444 e. The first-order valence-electron chi connectivity index (χ1n) is 5.45. The summed E-state index contributed by atoms with van der Waals surface area (Å²) in [5.41, 5.74) is -0.489. The van der Waals surface area contributed by atoms with E-state index in [0.29, 0.717) is 6.54 Å². The predicted octanol–water partition coefficient (Wildman–Crippen LogP) is 2.90. The molecule has 0 unspecified atom stereocenters. The molecular weight excluding hydrogens is 202 g/mol. The van der Waals surface area contributed by atoms with Crippen molar-refractivity contribution in [1.82, 2.24) is 4.90 Å². The van der Waals surface area contributed by atoms with Crippen molar-refractivity contribution in [3.63, 3.8) is 0 Å². The highest BCUT2D eigenvalue weighted by molar-refractivity contribution is 5.68. The van der Waals surface area contributed by atoms with Gasteiger partial charge in [-0.3, -0.25) is 0 Å². The minimum absolute atomic E-state index is 0.0330. The Balaban J connectivity index is 4.21. The molecule has 0 atom stereocenters. The van der Waals surface area contributed by atoms with Crippen molar-refractivity contribution < 1.29 is 9.53 Å². The van der Waals surface area contributed by atoms with Crippen LogP contribution in [-0.4, -0.2) is 30.2 Å². The highest BCUT2D eigenvalue weighted by Gasteiger charge is 2.18. The normalized spacial score (nSPS) is 11.4. The zero-order valence-electron chi connectivity index (χ0n) is 11.5. The summed E-state index contributed by atoms with van der Waals surface area (Å²) >= 11 is 0. The maximum Gasteiger partial charge on any atom is 0.410 e. The second-order valence-corrected chi connectivity index (χ2v) is 5.89. The zero-order valence-corrected chi connectivity index (χ0v) is 11.5. The number of carbonyl (C=O) groups is 1. The van der Waals surface area contributed by atoms with Crippen molar-refractivity contribution in [3.05, 3.63) is 0 Å². The lowest BCUT2D eigenvalue weighted by Gasteiger charge is -2.23. The van der Waals surface area contributed by atoms with Crippen molar-refractivity contribution in [3.8, 4) is 11.8 Å². The first-order chi connectivity index (χ1) is 7.01. The van der Waals surface area contributed by atoms with Gasteiger partial charge in [-0.2, -0.15) is 0 Å². The molecule has 0 aromatic carbocycles. The summed E-state index contributed by atoms with van der Waals surface area (Å²) < 4.78 is 5.20. The summed E-state index contributed by atoms with van der Waals surface area (Å²) in [4.78, 5) is 13.0. The van der Waals surface area contributed by atoms with E-state index >= 15 is 0 Å². The van der Waals surface area contributed by atoms with E-state index in [-0.39, 0.29) is 11.5 Å². The van der Waals surface area contributed by atoms with Crippen LogP contribution in [0.2, 0.25) is 0 Å². The van der Waals surface area contributed by atoms with Crippen LogP contribution >= 0.6 is 0 Å². The van der Waals surface area contributed by atoms with Gasteiger partial charge in [0.15, 0.2) is 0 Å². The molecule has 0 saturated heterocycles. The van der Waals surface area contributed by atoms with E-state index in [9.17, 15) is 4.79 Å². The summed E-state index contributed by atoms with van der Waals surface area (Å²) in [5.74, 6) is 6.04. The fourth-order valence-corrected chi connectivity index (χ4v) is 0.828. The Kier molecular flexibility index (Phi) is 4.86. The van der Waals surface area contributed by atoms with Crippen LogP contribution in [0.4, 0.5) is 4.79 Å². The van der Waals surface area contributed by atoms with Gasteiger partial charge >= 0.3 is 6.09 Å². The van der Waals surface area contributed by atoms with Crippen LogP contribution in [0, 0.1) is 17.3 Å².